The third-order valence-electron chi connectivity index (χ3n) is 4.81. The maximum atomic E-state index is 5.70. The van der Waals surface area contributed by atoms with E-state index in [9.17, 15) is 0 Å². The van der Waals surface area contributed by atoms with Crippen LogP contribution in [0.15, 0.2) is 0 Å². The lowest BCUT2D eigenvalue weighted by molar-refractivity contribution is 0.156. The van der Waals surface area contributed by atoms with E-state index < -0.39 is 0 Å². The molecular formula is C15H29N. The number of rotatable bonds is 3. The van der Waals surface area contributed by atoms with Gasteiger partial charge < -0.3 is 5.73 Å². The molecule has 0 aromatic carbocycles. The van der Waals surface area contributed by atoms with Gasteiger partial charge in [-0.3, -0.25) is 0 Å². The van der Waals surface area contributed by atoms with Crippen LogP contribution in [0.5, 0.6) is 0 Å². The molecule has 0 spiro atoms. The first-order valence-corrected chi connectivity index (χ1v) is 7.58. The second-order valence-corrected chi connectivity index (χ2v) is 6.24. The molecular weight excluding hydrogens is 194 g/mol. The second-order valence-electron chi connectivity index (χ2n) is 6.24. The average Bonchev–Trinajstić information content (AvgIpc) is 2.36. The van der Waals surface area contributed by atoms with Gasteiger partial charge in [0.15, 0.2) is 0 Å². The largest absolute Gasteiger partial charge is 0.330 e. The maximum absolute atomic E-state index is 5.70. The zero-order valence-electron chi connectivity index (χ0n) is 10.8. The maximum Gasteiger partial charge on any atom is -0.00487 e. The van der Waals surface area contributed by atoms with E-state index in [4.69, 9.17) is 5.73 Å². The predicted octanol–water partition coefficient (Wildman–Crippen LogP) is 4.11. The van der Waals surface area contributed by atoms with E-state index in [0.717, 1.165) is 24.3 Å². The third kappa shape index (κ3) is 3.76. The molecule has 1 heteroatoms. The van der Waals surface area contributed by atoms with Crippen LogP contribution in [0.2, 0.25) is 0 Å². The highest BCUT2D eigenvalue weighted by Crippen LogP contribution is 2.39. The summed E-state index contributed by atoms with van der Waals surface area (Å²) in [5, 5.41) is 0. The molecule has 2 fully saturated rings. The Morgan fingerprint density at radius 1 is 0.688 bits per heavy atom. The fraction of sp³-hybridized carbons (Fsp3) is 1.00. The van der Waals surface area contributed by atoms with Crippen molar-refractivity contribution in [1.82, 2.24) is 0 Å². The van der Waals surface area contributed by atoms with Crippen molar-refractivity contribution >= 4 is 0 Å². The lowest BCUT2D eigenvalue weighted by Crippen LogP contribution is -2.31. The molecule has 94 valence electrons. The Morgan fingerprint density at radius 3 is 1.81 bits per heavy atom. The van der Waals surface area contributed by atoms with Crippen LogP contribution in [-0.4, -0.2) is 6.54 Å². The minimum atomic E-state index is 0.876. The molecule has 2 rings (SSSR count). The van der Waals surface area contributed by atoms with Gasteiger partial charge in [0.05, 0.1) is 0 Å². The van der Waals surface area contributed by atoms with Gasteiger partial charge in [0, 0.05) is 0 Å². The van der Waals surface area contributed by atoms with E-state index in [1.807, 2.05) is 0 Å². The second kappa shape index (κ2) is 6.64. The van der Waals surface area contributed by atoms with Gasteiger partial charge in [-0.1, -0.05) is 51.4 Å². The number of nitrogens with two attached hydrogens (primary N) is 1. The number of hydrogen-bond donors (Lipinski definition) is 1. The van der Waals surface area contributed by atoms with Gasteiger partial charge in [0.2, 0.25) is 0 Å². The Morgan fingerprint density at radius 2 is 1.25 bits per heavy atom. The average molecular weight is 223 g/mol. The molecule has 0 heterocycles. The van der Waals surface area contributed by atoms with E-state index in [0.29, 0.717) is 0 Å². The minimum Gasteiger partial charge on any atom is -0.330 e. The van der Waals surface area contributed by atoms with Crippen LogP contribution in [0, 0.1) is 17.8 Å². The van der Waals surface area contributed by atoms with Crippen molar-refractivity contribution < 1.29 is 0 Å². The molecule has 2 saturated carbocycles. The van der Waals surface area contributed by atoms with E-state index in [1.54, 1.807) is 0 Å². The lowest BCUT2D eigenvalue weighted by atomic mass is 9.70. The molecule has 2 aliphatic rings. The molecule has 0 aromatic heterocycles. The summed E-state index contributed by atoms with van der Waals surface area (Å²) < 4.78 is 0. The van der Waals surface area contributed by atoms with E-state index in [2.05, 4.69) is 0 Å². The van der Waals surface area contributed by atoms with Gasteiger partial charge in [-0.25, -0.2) is 0 Å². The Bertz CT molecular complexity index is 174. The highest BCUT2D eigenvalue weighted by atomic mass is 14.6. The first-order chi connectivity index (χ1) is 7.88. The first kappa shape index (κ1) is 12.4. The molecule has 0 unspecified atom stereocenters. The van der Waals surface area contributed by atoms with Crippen molar-refractivity contribution in [3.8, 4) is 0 Å². The van der Waals surface area contributed by atoms with Crippen molar-refractivity contribution in [3.05, 3.63) is 0 Å². The molecule has 2 aliphatic carbocycles. The minimum absolute atomic E-state index is 0.876. The standard InChI is InChI=1S/C15H29N/c16-12-15-10-14(11-15)9-13-7-5-3-1-2-4-6-8-13/h13-15H,1-12,16H2. The predicted molar refractivity (Wildman–Crippen MR) is 70.3 cm³/mol. The molecule has 0 radical (unpaired) electrons. The van der Waals surface area contributed by atoms with Crippen LogP contribution in [-0.2, 0) is 0 Å². The highest BCUT2D eigenvalue weighted by Gasteiger charge is 2.29. The summed E-state index contributed by atoms with van der Waals surface area (Å²) in [6.07, 6.45) is 16.4. The van der Waals surface area contributed by atoms with Crippen LogP contribution in [0.25, 0.3) is 0 Å². The molecule has 16 heavy (non-hydrogen) atoms. The Kier molecular flexibility index (Phi) is 5.15. The van der Waals surface area contributed by atoms with E-state index in [-0.39, 0.29) is 0 Å². The smallest absolute Gasteiger partial charge is 0.00487 e. The van der Waals surface area contributed by atoms with Crippen molar-refractivity contribution in [2.24, 2.45) is 23.5 Å². The molecule has 0 atom stereocenters. The summed E-state index contributed by atoms with van der Waals surface area (Å²) in [5.41, 5.74) is 5.70. The zero-order valence-corrected chi connectivity index (χ0v) is 10.8. The normalized spacial score (nSPS) is 33.6. The van der Waals surface area contributed by atoms with Crippen LogP contribution in [0.1, 0.15) is 70.6 Å². The Labute approximate surface area is 101 Å². The van der Waals surface area contributed by atoms with E-state index >= 15 is 0 Å². The van der Waals surface area contributed by atoms with Gasteiger partial charge in [0.25, 0.3) is 0 Å². The van der Waals surface area contributed by atoms with Crippen molar-refractivity contribution in [3.63, 3.8) is 0 Å². The van der Waals surface area contributed by atoms with Crippen molar-refractivity contribution in [1.29, 1.82) is 0 Å². The first-order valence-electron chi connectivity index (χ1n) is 7.58. The van der Waals surface area contributed by atoms with Crippen LogP contribution in [0.3, 0.4) is 0 Å². The van der Waals surface area contributed by atoms with Crippen LogP contribution in [0.4, 0.5) is 0 Å². The summed E-state index contributed by atoms with van der Waals surface area (Å²) in [5.74, 6) is 2.97. The van der Waals surface area contributed by atoms with E-state index in [1.165, 1.54) is 70.6 Å². The summed E-state index contributed by atoms with van der Waals surface area (Å²) in [4.78, 5) is 0. The fourth-order valence-electron chi connectivity index (χ4n) is 3.68. The van der Waals surface area contributed by atoms with Crippen LogP contribution < -0.4 is 5.73 Å². The van der Waals surface area contributed by atoms with Gasteiger partial charge >= 0.3 is 0 Å². The molecule has 1 nitrogen and oxygen atoms in total. The molecule has 0 aromatic rings. The SMILES string of the molecule is NCC1CC(CC2CCCCCCCC2)C1. The summed E-state index contributed by atoms with van der Waals surface area (Å²) in [7, 11) is 0. The summed E-state index contributed by atoms with van der Waals surface area (Å²) in [6, 6.07) is 0. The quantitative estimate of drug-likeness (QED) is 0.765. The Hall–Kier alpha value is -0.0400. The number of hydrogen-bond acceptors (Lipinski definition) is 1. The molecule has 2 N–H and O–H groups in total. The lowest BCUT2D eigenvalue weighted by Gasteiger charge is -2.37. The van der Waals surface area contributed by atoms with Crippen LogP contribution >= 0.6 is 0 Å². The van der Waals surface area contributed by atoms with Crippen molar-refractivity contribution in [2.75, 3.05) is 6.54 Å². The van der Waals surface area contributed by atoms with Gasteiger partial charge in [-0.05, 0) is 43.6 Å². The Balaban J connectivity index is 1.66. The topological polar surface area (TPSA) is 26.0 Å². The highest BCUT2D eigenvalue weighted by molar-refractivity contribution is 4.82. The van der Waals surface area contributed by atoms with Gasteiger partial charge in [-0.2, -0.15) is 0 Å². The third-order valence-corrected chi connectivity index (χ3v) is 4.81. The van der Waals surface area contributed by atoms with Gasteiger partial charge in [-0.15, -0.1) is 0 Å². The fourth-order valence-corrected chi connectivity index (χ4v) is 3.68. The monoisotopic (exact) mass is 223 g/mol. The molecule has 0 aliphatic heterocycles. The van der Waals surface area contributed by atoms with Gasteiger partial charge in [0.1, 0.15) is 0 Å². The molecule has 0 bridgehead atoms. The summed E-state index contributed by atoms with van der Waals surface area (Å²) in [6.45, 7) is 0.932. The molecule has 0 amide bonds. The summed E-state index contributed by atoms with van der Waals surface area (Å²) >= 11 is 0. The van der Waals surface area contributed by atoms with Crippen molar-refractivity contribution in [2.45, 2.75) is 70.6 Å². The zero-order chi connectivity index (χ0) is 11.2. The molecule has 0 saturated heterocycles.